The number of imidazole rings is 1. The normalized spacial score (nSPS) is 18.8. The van der Waals surface area contributed by atoms with Gasteiger partial charge in [0.15, 0.2) is 0 Å². The molecule has 2 aromatic rings. The minimum absolute atomic E-state index is 0.672. The number of nitrogens with zero attached hydrogens (tertiary/aromatic N) is 3. The molecule has 0 spiro atoms. The zero-order valence-electron chi connectivity index (χ0n) is 12.0. The average molecular weight is 270 g/mol. The molecule has 0 saturated carbocycles. The number of benzene rings is 1. The maximum absolute atomic E-state index is 4.07. The Labute approximate surface area is 120 Å². The molecular formula is C16H22N4. The van der Waals surface area contributed by atoms with E-state index in [0.29, 0.717) is 6.04 Å². The van der Waals surface area contributed by atoms with Gasteiger partial charge >= 0.3 is 0 Å². The van der Waals surface area contributed by atoms with Crippen molar-refractivity contribution in [1.29, 1.82) is 0 Å². The highest BCUT2D eigenvalue weighted by Gasteiger charge is 2.15. The first-order chi connectivity index (χ1) is 9.81. The van der Waals surface area contributed by atoms with Crippen LogP contribution in [0.25, 0.3) is 5.69 Å². The molecule has 20 heavy (non-hydrogen) atoms. The van der Waals surface area contributed by atoms with E-state index in [1.54, 1.807) is 6.20 Å². The van der Waals surface area contributed by atoms with Crippen molar-refractivity contribution in [3.8, 4) is 5.69 Å². The molecule has 4 nitrogen and oxygen atoms in total. The first-order valence-electron chi connectivity index (χ1n) is 7.30. The molecule has 0 bridgehead atoms. The molecule has 0 amide bonds. The van der Waals surface area contributed by atoms with Gasteiger partial charge in [-0.1, -0.05) is 12.1 Å². The summed E-state index contributed by atoms with van der Waals surface area (Å²) >= 11 is 0. The van der Waals surface area contributed by atoms with E-state index >= 15 is 0 Å². The SMILES string of the molecule is CN(Cc1ccc(-n2ccnc2)cc1)CC1CCCN1. The van der Waals surface area contributed by atoms with Crippen LogP contribution in [-0.2, 0) is 6.54 Å². The standard InChI is InChI=1S/C16H22N4/c1-19(12-15-3-2-8-18-15)11-14-4-6-16(7-5-14)20-10-9-17-13-20/h4-7,9-10,13,15,18H,2-3,8,11-12H2,1H3. The van der Waals surface area contributed by atoms with Crippen molar-refractivity contribution in [2.75, 3.05) is 20.1 Å². The van der Waals surface area contributed by atoms with E-state index in [2.05, 4.69) is 46.5 Å². The van der Waals surface area contributed by atoms with E-state index < -0.39 is 0 Å². The Bertz CT molecular complexity index is 512. The minimum Gasteiger partial charge on any atom is -0.313 e. The monoisotopic (exact) mass is 270 g/mol. The highest BCUT2D eigenvalue weighted by molar-refractivity contribution is 5.34. The number of nitrogens with one attached hydrogen (secondary N) is 1. The predicted octanol–water partition coefficient (Wildman–Crippen LogP) is 2.06. The van der Waals surface area contributed by atoms with Crippen molar-refractivity contribution in [3.63, 3.8) is 0 Å². The fourth-order valence-corrected chi connectivity index (χ4v) is 2.85. The topological polar surface area (TPSA) is 33.1 Å². The Morgan fingerprint density at radius 2 is 2.20 bits per heavy atom. The summed E-state index contributed by atoms with van der Waals surface area (Å²) in [6, 6.07) is 9.38. The highest BCUT2D eigenvalue weighted by atomic mass is 15.1. The predicted molar refractivity (Wildman–Crippen MR) is 80.9 cm³/mol. The number of rotatable bonds is 5. The van der Waals surface area contributed by atoms with Gasteiger partial charge in [0.25, 0.3) is 0 Å². The summed E-state index contributed by atoms with van der Waals surface area (Å²) in [5.74, 6) is 0. The molecule has 2 heterocycles. The van der Waals surface area contributed by atoms with Gasteiger partial charge in [-0.3, -0.25) is 0 Å². The molecule has 0 aliphatic carbocycles. The average Bonchev–Trinajstić information content (AvgIpc) is 3.12. The summed E-state index contributed by atoms with van der Waals surface area (Å²) < 4.78 is 2.02. The van der Waals surface area contributed by atoms with E-state index in [1.165, 1.54) is 24.9 Å². The molecular weight excluding hydrogens is 248 g/mol. The molecule has 1 saturated heterocycles. The van der Waals surface area contributed by atoms with Crippen LogP contribution in [0.1, 0.15) is 18.4 Å². The molecule has 1 fully saturated rings. The summed E-state index contributed by atoms with van der Waals surface area (Å²) in [7, 11) is 2.20. The Morgan fingerprint density at radius 3 is 2.85 bits per heavy atom. The molecule has 1 N–H and O–H groups in total. The zero-order chi connectivity index (χ0) is 13.8. The Balaban J connectivity index is 1.57. The molecule has 1 atom stereocenters. The number of hydrogen-bond acceptors (Lipinski definition) is 3. The van der Waals surface area contributed by atoms with Crippen molar-refractivity contribution < 1.29 is 0 Å². The Kier molecular flexibility index (Phi) is 4.14. The summed E-state index contributed by atoms with van der Waals surface area (Å²) in [6.45, 7) is 3.31. The lowest BCUT2D eigenvalue weighted by atomic mass is 10.1. The maximum Gasteiger partial charge on any atom is 0.0991 e. The minimum atomic E-state index is 0.672. The van der Waals surface area contributed by atoms with Crippen LogP contribution >= 0.6 is 0 Å². The van der Waals surface area contributed by atoms with Gasteiger partial charge in [0.1, 0.15) is 0 Å². The van der Waals surface area contributed by atoms with Gasteiger partial charge in [-0.2, -0.15) is 0 Å². The lowest BCUT2D eigenvalue weighted by Crippen LogP contribution is -2.34. The molecule has 1 aromatic carbocycles. The largest absolute Gasteiger partial charge is 0.313 e. The molecule has 3 rings (SSSR count). The van der Waals surface area contributed by atoms with E-state index in [-0.39, 0.29) is 0 Å². The third-order valence-corrected chi connectivity index (χ3v) is 3.89. The van der Waals surface area contributed by atoms with Gasteiger partial charge in [0, 0.05) is 37.2 Å². The van der Waals surface area contributed by atoms with E-state index in [1.807, 2.05) is 17.1 Å². The fraction of sp³-hybridized carbons (Fsp3) is 0.438. The number of hydrogen-bond donors (Lipinski definition) is 1. The molecule has 1 aliphatic rings. The summed E-state index contributed by atoms with van der Waals surface area (Å²) in [6.07, 6.45) is 8.22. The Hall–Kier alpha value is -1.65. The van der Waals surface area contributed by atoms with Gasteiger partial charge < -0.3 is 14.8 Å². The van der Waals surface area contributed by atoms with Crippen LogP contribution in [0.15, 0.2) is 43.0 Å². The van der Waals surface area contributed by atoms with Gasteiger partial charge in [0.05, 0.1) is 6.33 Å². The summed E-state index contributed by atoms with van der Waals surface area (Å²) in [4.78, 5) is 6.47. The zero-order valence-corrected chi connectivity index (χ0v) is 12.0. The van der Waals surface area contributed by atoms with E-state index in [0.717, 1.165) is 18.8 Å². The van der Waals surface area contributed by atoms with Crippen molar-refractivity contribution in [1.82, 2.24) is 19.8 Å². The van der Waals surface area contributed by atoms with Crippen LogP contribution in [0.3, 0.4) is 0 Å². The second kappa shape index (κ2) is 6.20. The van der Waals surface area contributed by atoms with E-state index in [4.69, 9.17) is 0 Å². The lowest BCUT2D eigenvalue weighted by Gasteiger charge is -2.21. The molecule has 1 aliphatic heterocycles. The van der Waals surface area contributed by atoms with Gasteiger partial charge in [0.2, 0.25) is 0 Å². The Morgan fingerprint density at radius 1 is 1.35 bits per heavy atom. The van der Waals surface area contributed by atoms with E-state index in [9.17, 15) is 0 Å². The second-order valence-corrected chi connectivity index (χ2v) is 5.63. The third kappa shape index (κ3) is 3.26. The first kappa shape index (κ1) is 13.3. The molecule has 1 unspecified atom stereocenters. The van der Waals surface area contributed by atoms with Crippen LogP contribution in [0.2, 0.25) is 0 Å². The van der Waals surface area contributed by atoms with Crippen LogP contribution < -0.4 is 5.32 Å². The maximum atomic E-state index is 4.07. The molecule has 4 heteroatoms. The fourth-order valence-electron chi connectivity index (χ4n) is 2.85. The van der Waals surface area contributed by atoms with Gasteiger partial charge in [-0.05, 0) is 44.1 Å². The van der Waals surface area contributed by atoms with Crippen LogP contribution in [-0.4, -0.2) is 40.6 Å². The van der Waals surface area contributed by atoms with Crippen molar-refractivity contribution in [2.24, 2.45) is 0 Å². The number of likely N-dealkylation sites (N-methyl/N-ethyl adjacent to an activating group) is 1. The first-order valence-corrected chi connectivity index (χ1v) is 7.30. The van der Waals surface area contributed by atoms with Crippen molar-refractivity contribution in [2.45, 2.75) is 25.4 Å². The quantitative estimate of drug-likeness (QED) is 0.903. The second-order valence-electron chi connectivity index (χ2n) is 5.63. The van der Waals surface area contributed by atoms with Crippen LogP contribution in [0, 0.1) is 0 Å². The summed E-state index contributed by atoms with van der Waals surface area (Å²) in [5.41, 5.74) is 2.51. The molecule has 106 valence electrons. The highest BCUT2D eigenvalue weighted by Crippen LogP contribution is 2.12. The molecule has 1 aromatic heterocycles. The van der Waals surface area contributed by atoms with Crippen molar-refractivity contribution in [3.05, 3.63) is 48.5 Å². The van der Waals surface area contributed by atoms with Gasteiger partial charge in [-0.15, -0.1) is 0 Å². The third-order valence-electron chi connectivity index (χ3n) is 3.89. The lowest BCUT2D eigenvalue weighted by molar-refractivity contribution is 0.293. The smallest absolute Gasteiger partial charge is 0.0991 e. The van der Waals surface area contributed by atoms with Gasteiger partial charge in [-0.25, -0.2) is 4.98 Å². The molecule has 0 radical (unpaired) electrons. The number of aromatic nitrogens is 2. The summed E-state index contributed by atoms with van der Waals surface area (Å²) in [5, 5.41) is 3.55. The van der Waals surface area contributed by atoms with Crippen LogP contribution in [0.5, 0.6) is 0 Å². The van der Waals surface area contributed by atoms with Crippen LogP contribution in [0.4, 0.5) is 0 Å². The van der Waals surface area contributed by atoms with Crippen molar-refractivity contribution >= 4 is 0 Å².